The maximum atomic E-state index is 12.7. The molecule has 0 amide bonds. The highest BCUT2D eigenvalue weighted by molar-refractivity contribution is 5.86. The van der Waals surface area contributed by atoms with Crippen LogP contribution in [0.4, 0.5) is 0 Å². The first-order valence-electron chi connectivity index (χ1n) is 8.96. The Morgan fingerprint density at radius 1 is 1.38 bits per heavy atom. The van der Waals surface area contributed by atoms with Crippen molar-refractivity contribution >= 4 is 11.9 Å². The maximum absolute atomic E-state index is 12.7. The van der Waals surface area contributed by atoms with Crippen LogP contribution in [-0.4, -0.2) is 55.8 Å². The quantitative estimate of drug-likeness (QED) is 0.382. The molecule has 5 rings (SSSR count). The first kappa shape index (κ1) is 16.5. The lowest BCUT2D eigenvalue weighted by Gasteiger charge is -2.46. The molecule has 0 aromatic carbocycles. The summed E-state index contributed by atoms with van der Waals surface area (Å²) in [6.45, 7) is 5.48. The van der Waals surface area contributed by atoms with Crippen molar-refractivity contribution in [1.29, 1.82) is 0 Å². The number of ether oxygens (including phenoxy) is 1. The molecule has 9 unspecified atom stereocenters. The Bertz CT molecular complexity index is 804. The van der Waals surface area contributed by atoms with Crippen LogP contribution in [0.2, 0.25) is 0 Å². The molecule has 4 fully saturated rings. The van der Waals surface area contributed by atoms with Gasteiger partial charge in [0.1, 0.15) is 16.6 Å². The van der Waals surface area contributed by atoms with E-state index in [2.05, 4.69) is 6.58 Å². The van der Waals surface area contributed by atoms with E-state index in [1.807, 2.05) is 0 Å². The number of aliphatic carboxylic acids is 1. The lowest BCUT2D eigenvalue weighted by atomic mass is 9.61. The van der Waals surface area contributed by atoms with Crippen LogP contribution in [0, 0.1) is 28.6 Å². The number of rotatable bonds is 1. The zero-order valence-electron chi connectivity index (χ0n) is 14.4. The van der Waals surface area contributed by atoms with Crippen molar-refractivity contribution in [3.05, 3.63) is 24.3 Å². The van der Waals surface area contributed by atoms with Crippen LogP contribution in [0.15, 0.2) is 24.3 Å². The molecule has 7 nitrogen and oxygen atoms in total. The minimum absolute atomic E-state index is 0.0808. The van der Waals surface area contributed by atoms with Crippen molar-refractivity contribution < 1.29 is 34.8 Å². The van der Waals surface area contributed by atoms with Gasteiger partial charge in [0.05, 0.1) is 18.1 Å². The molecule has 3 saturated carbocycles. The monoisotopic (exact) mass is 362 g/mol. The van der Waals surface area contributed by atoms with Crippen LogP contribution in [0.25, 0.3) is 0 Å². The first-order valence-corrected chi connectivity index (χ1v) is 8.96. The van der Waals surface area contributed by atoms with E-state index in [1.165, 1.54) is 6.08 Å². The number of aliphatic hydroxyl groups excluding tert-OH is 2. The highest BCUT2D eigenvalue weighted by Gasteiger charge is 2.84. The van der Waals surface area contributed by atoms with Crippen molar-refractivity contribution in [1.82, 2.24) is 0 Å². The second-order valence-corrected chi connectivity index (χ2v) is 9.04. The molecule has 1 spiro atoms. The van der Waals surface area contributed by atoms with Crippen LogP contribution < -0.4 is 0 Å². The molecular formula is C19H22O7. The van der Waals surface area contributed by atoms with Crippen LogP contribution in [0.1, 0.15) is 26.2 Å². The van der Waals surface area contributed by atoms with Crippen molar-refractivity contribution in [3.63, 3.8) is 0 Å². The van der Waals surface area contributed by atoms with E-state index in [1.54, 1.807) is 13.0 Å². The number of hydrogen-bond acceptors (Lipinski definition) is 6. The zero-order chi connectivity index (χ0) is 18.9. The first-order chi connectivity index (χ1) is 12.0. The zero-order valence-corrected chi connectivity index (χ0v) is 14.4. The van der Waals surface area contributed by atoms with Gasteiger partial charge >= 0.3 is 11.9 Å². The smallest absolute Gasteiger partial charge is 0.316 e. The fourth-order valence-corrected chi connectivity index (χ4v) is 7.11. The topological polar surface area (TPSA) is 124 Å². The molecule has 26 heavy (non-hydrogen) atoms. The Labute approximate surface area is 150 Å². The van der Waals surface area contributed by atoms with Crippen LogP contribution >= 0.6 is 0 Å². The van der Waals surface area contributed by atoms with E-state index in [0.717, 1.165) is 0 Å². The third-order valence-electron chi connectivity index (χ3n) is 8.22. The standard InChI is InChI=1S/C19H22O7/c1-8-6-17-7-18(8,25)11(21)5-9(17)19-4-3-10(20)16(2,15(24)26-19)13(19)12(17)14(22)23/h3-4,9-13,20-21,25H,1,5-7H2,2H3,(H,22,23). The van der Waals surface area contributed by atoms with Gasteiger partial charge in [0.15, 0.2) is 0 Å². The molecule has 1 saturated heterocycles. The Hall–Kier alpha value is -1.70. The van der Waals surface area contributed by atoms with Crippen molar-refractivity contribution in [2.75, 3.05) is 0 Å². The number of carbonyl (C=O) groups excluding carboxylic acids is 1. The minimum Gasteiger partial charge on any atom is -0.481 e. The lowest BCUT2D eigenvalue weighted by molar-refractivity contribution is -0.169. The van der Waals surface area contributed by atoms with Crippen molar-refractivity contribution in [3.8, 4) is 0 Å². The van der Waals surface area contributed by atoms with E-state index in [-0.39, 0.29) is 19.3 Å². The Morgan fingerprint density at radius 2 is 2.08 bits per heavy atom. The molecule has 0 aromatic rings. The van der Waals surface area contributed by atoms with Gasteiger partial charge in [-0.25, -0.2) is 0 Å². The average molecular weight is 362 g/mol. The highest BCUT2D eigenvalue weighted by atomic mass is 16.6. The largest absolute Gasteiger partial charge is 0.481 e. The molecule has 1 heterocycles. The van der Waals surface area contributed by atoms with E-state index in [4.69, 9.17) is 4.74 Å². The third kappa shape index (κ3) is 1.36. The fourth-order valence-electron chi connectivity index (χ4n) is 7.11. The predicted octanol–water partition coefficient (Wildman–Crippen LogP) is -0.00210. The molecule has 0 radical (unpaired) electrons. The van der Waals surface area contributed by atoms with Gasteiger partial charge in [-0.2, -0.15) is 0 Å². The van der Waals surface area contributed by atoms with Gasteiger partial charge < -0.3 is 25.2 Å². The molecule has 4 aliphatic carbocycles. The van der Waals surface area contributed by atoms with Crippen LogP contribution in [-0.2, 0) is 14.3 Å². The highest BCUT2D eigenvalue weighted by Crippen LogP contribution is 2.77. The molecule has 1 aliphatic heterocycles. The van der Waals surface area contributed by atoms with E-state index >= 15 is 0 Å². The number of carboxylic acids is 1. The maximum Gasteiger partial charge on any atom is 0.316 e. The average Bonchev–Trinajstić information content (AvgIpc) is 2.99. The van der Waals surface area contributed by atoms with Crippen LogP contribution in [0.5, 0.6) is 0 Å². The summed E-state index contributed by atoms with van der Waals surface area (Å²) in [6, 6.07) is 0. The summed E-state index contributed by atoms with van der Waals surface area (Å²) >= 11 is 0. The molecule has 7 heteroatoms. The Morgan fingerprint density at radius 3 is 2.73 bits per heavy atom. The summed E-state index contributed by atoms with van der Waals surface area (Å²) in [5.74, 6) is -3.87. The van der Waals surface area contributed by atoms with Gasteiger partial charge in [-0.3, -0.25) is 9.59 Å². The summed E-state index contributed by atoms with van der Waals surface area (Å²) in [4.78, 5) is 25.1. The number of fused-ring (bicyclic) bond motifs is 1. The van der Waals surface area contributed by atoms with Crippen molar-refractivity contribution in [2.45, 2.75) is 49.6 Å². The third-order valence-corrected chi connectivity index (χ3v) is 8.22. The van der Waals surface area contributed by atoms with Gasteiger partial charge in [0.25, 0.3) is 0 Å². The number of esters is 1. The predicted molar refractivity (Wildman–Crippen MR) is 86.6 cm³/mol. The summed E-state index contributed by atoms with van der Waals surface area (Å²) in [5, 5.41) is 42.2. The summed E-state index contributed by atoms with van der Waals surface area (Å²) in [6.07, 6.45) is 1.37. The molecule has 4 bridgehead atoms. The molecule has 140 valence electrons. The second-order valence-electron chi connectivity index (χ2n) is 9.04. The number of carboxylic acid groups (broad SMARTS) is 1. The number of carbonyl (C=O) groups is 2. The number of aliphatic hydroxyl groups is 3. The molecule has 5 aliphatic rings. The van der Waals surface area contributed by atoms with Gasteiger partial charge in [0, 0.05) is 11.8 Å². The summed E-state index contributed by atoms with van der Waals surface area (Å²) in [5.41, 5.74) is -4.48. The van der Waals surface area contributed by atoms with E-state index in [0.29, 0.717) is 5.57 Å². The second kappa shape index (κ2) is 4.24. The van der Waals surface area contributed by atoms with E-state index < -0.39 is 63.9 Å². The molecule has 4 N–H and O–H groups in total. The Balaban J connectivity index is 1.79. The van der Waals surface area contributed by atoms with Gasteiger partial charge in [-0.05, 0) is 43.3 Å². The molecular weight excluding hydrogens is 340 g/mol. The van der Waals surface area contributed by atoms with Crippen LogP contribution in [0.3, 0.4) is 0 Å². The molecule has 0 aromatic heterocycles. The van der Waals surface area contributed by atoms with E-state index in [9.17, 15) is 30.0 Å². The number of hydrogen-bond donors (Lipinski definition) is 4. The fraction of sp³-hybridized carbons (Fsp3) is 0.684. The van der Waals surface area contributed by atoms with Crippen molar-refractivity contribution in [2.24, 2.45) is 28.6 Å². The summed E-state index contributed by atoms with van der Waals surface area (Å²) < 4.78 is 5.81. The lowest BCUT2D eigenvalue weighted by Crippen LogP contribution is -2.53. The Kier molecular flexibility index (Phi) is 2.68. The normalized spacial score (nSPS) is 59.2. The van der Waals surface area contributed by atoms with Gasteiger partial charge in [-0.15, -0.1) is 0 Å². The summed E-state index contributed by atoms with van der Waals surface area (Å²) in [7, 11) is 0. The van der Waals surface area contributed by atoms with Gasteiger partial charge in [0.2, 0.25) is 0 Å². The molecule has 9 atom stereocenters. The van der Waals surface area contributed by atoms with Gasteiger partial charge in [-0.1, -0.05) is 12.7 Å². The minimum atomic E-state index is -1.51. The SMILES string of the molecule is C=C1CC23CC1(O)C(O)CC2C12C=CC(O)C(C)(C(=O)O1)C2C3C(=O)O.